The number of carbonyl (C=O) groups is 1. The Balaban J connectivity index is 2.96. The summed E-state index contributed by atoms with van der Waals surface area (Å²) < 4.78 is 4.55. The largest absolute Gasteiger partial charge is 0.508 e. The first-order valence-electron chi connectivity index (χ1n) is 4.99. The summed E-state index contributed by atoms with van der Waals surface area (Å²) in [6.45, 7) is 1.65. The van der Waals surface area contributed by atoms with Crippen molar-refractivity contribution in [3.05, 3.63) is 28.8 Å². The highest BCUT2D eigenvalue weighted by molar-refractivity contribution is 6.31. The van der Waals surface area contributed by atoms with Crippen LogP contribution < -0.4 is 0 Å². The van der Waals surface area contributed by atoms with Gasteiger partial charge in [0.2, 0.25) is 0 Å². The molecule has 1 aromatic rings. The van der Waals surface area contributed by atoms with E-state index in [1.165, 1.54) is 18.2 Å². The van der Waals surface area contributed by atoms with Crippen molar-refractivity contribution >= 4 is 17.6 Å². The number of halogens is 1. The first-order chi connectivity index (χ1) is 7.99. The summed E-state index contributed by atoms with van der Waals surface area (Å²) in [5.74, 6) is -1.27. The van der Waals surface area contributed by atoms with Crippen molar-refractivity contribution in [3.8, 4) is 5.75 Å². The Morgan fingerprint density at radius 2 is 2.12 bits per heavy atom. The molecule has 0 spiro atoms. The molecule has 0 aliphatic carbocycles. The van der Waals surface area contributed by atoms with Gasteiger partial charge in [-0.3, -0.25) is 0 Å². The predicted octanol–water partition coefficient (Wildman–Crippen LogP) is 1.00. The normalized spacial score (nSPS) is 14.1. The van der Waals surface area contributed by atoms with Crippen molar-refractivity contribution in [1.82, 2.24) is 0 Å². The van der Waals surface area contributed by atoms with Crippen LogP contribution in [0.4, 0.5) is 0 Å². The van der Waals surface area contributed by atoms with Gasteiger partial charge in [-0.15, -0.1) is 0 Å². The molecule has 0 radical (unpaired) electrons. The lowest BCUT2D eigenvalue weighted by molar-refractivity contribution is -0.159. The maximum atomic E-state index is 11.2. The molecule has 1 aromatic carbocycles. The van der Waals surface area contributed by atoms with Crippen LogP contribution in [0.3, 0.4) is 0 Å². The molecule has 1 rings (SSSR count). The summed E-state index contributed by atoms with van der Waals surface area (Å²) in [5, 5.41) is 28.8. The quantitative estimate of drug-likeness (QED) is 0.703. The number of hydrogen-bond donors (Lipinski definition) is 3. The third-order valence-corrected chi connectivity index (χ3v) is 2.48. The lowest BCUT2D eigenvalue weighted by Crippen LogP contribution is -2.30. The van der Waals surface area contributed by atoms with Crippen LogP contribution in [0.25, 0.3) is 0 Å². The van der Waals surface area contributed by atoms with E-state index in [0.29, 0.717) is 0 Å². The fraction of sp³-hybridized carbons (Fsp3) is 0.364. The van der Waals surface area contributed by atoms with Crippen molar-refractivity contribution in [3.63, 3.8) is 0 Å². The van der Waals surface area contributed by atoms with E-state index in [1.54, 1.807) is 6.92 Å². The molecule has 0 aromatic heterocycles. The number of esters is 1. The molecule has 0 aliphatic heterocycles. The van der Waals surface area contributed by atoms with Crippen LogP contribution in [-0.2, 0) is 9.53 Å². The van der Waals surface area contributed by atoms with Crippen molar-refractivity contribution in [2.75, 3.05) is 6.61 Å². The number of aromatic hydroxyl groups is 1. The molecule has 0 bridgehead atoms. The zero-order valence-corrected chi connectivity index (χ0v) is 9.89. The van der Waals surface area contributed by atoms with Crippen LogP contribution in [0.1, 0.15) is 18.6 Å². The number of rotatable bonds is 4. The molecule has 6 heteroatoms. The Bertz CT molecular complexity index is 387. The highest BCUT2D eigenvalue weighted by atomic mass is 35.5. The van der Waals surface area contributed by atoms with Crippen molar-refractivity contribution in [2.45, 2.75) is 19.1 Å². The second kappa shape index (κ2) is 5.86. The van der Waals surface area contributed by atoms with Gasteiger partial charge in [0, 0.05) is 5.56 Å². The molecule has 0 saturated carbocycles. The number of phenolic OH excluding ortho intramolecular Hbond substituents is 1. The molecule has 3 N–H and O–H groups in total. The van der Waals surface area contributed by atoms with E-state index < -0.39 is 18.2 Å². The third-order valence-electron chi connectivity index (χ3n) is 2.15. The average Bonchev–Trinajstić information content (AvgIpc) is 2.27. The van der Waals surface area contributed by atoms with Crippen LogP contribution in [-0.4, -0.2) is 34.0 Å². The third kappa shape index (κ3) is 3.09. The van der Waals surface area contributed by atoms with Gasteiger partial charge in [0.05, 0.1) is 11.6 Å². The van der Waals surface area contributed by atoms with E-state index in [9.17, 15) is 20.1 Å². The van der Waals surface area contributed by atoms with Gasteiger partial charge in [-0.25, -0.2) is 4.79 Å². The maximum Gasteiger partial charge on any atom is 0.338 e. The Labute approximate surface area is 103 Å². The minimum atomic E-state index is -1.79. The molecule has 0 aliphatic rings. The Morgan fingerprint density at radius 1 is 1.47 bits per heavy atom. The summed E-state index contributed by atoms with van der Waals surface area (Å²) in [4.78, 5) is 11.2. The van der Waals surface area contributed by atoms with Crippen LogP contribution in [0, 0.1) is 0 Å². The van der Waals surface area contributed by atoms with Crippen LogP contribution in [0.2, 0.25) is 5.02 Å². The zero-order chi connectivity index (χ0) is 13.0. The monoisotopic (exact) mass is 260 g/mol. The number of phenols is 1. The molecule has 94 valence electrons. The van der Waals surface area contributed by atoms with Gasteiger partial charge in [-0.2, -0.15) is 0 Å². The fourth-order valence-corrected chi connectivity index (χ4v) is 1.61. The molecule has 0 fully saturated rings. The van der Waals surface area contributed by atoms with Gasteiger partial charge in [0.1, 0.15) is 11.9 Å². The smallest absolute Gasteiger partial charge is 0.338 e. The second-order valence-electron chi connectivity index (χ2n) is 3.31. The minimum Gasteiger partial charge on any atom is -0.508 e. The van der Waals surface area contributed by atoms with E-state index in [1.807, 2.05) is 0 Å². The van der Waals surface area contributed by atoms with Gasteiger partial charge in [0.15, 0.2) is 6.10 Å². The second-order valence-corrected chi connectivity index (χ2v) is 3.72. The number of hydrogen-bond acceptors (Lipinski definition) is 5. The number of ether oxygens (including phenoxy) is 1. The number of aliphatic hydroxyl groups is 2. The molecule has 2 atom stereocenters. The Morgan fingerprint density at radius 3 is 2.65 bits per heavy atom. The minimum absolute atomic E-state index is 0.0563. The van der Waals surface area contributed by atoms with Crippen LogP contribution >= 0.6 is 11.6 Å². The van der Waals surface area contributed by atoms with E-state index in [2.05, 4.69) is 4.74 Å². The summed E-state index contributed by atoms with van der Waals surface area (Å²) in [6, 6.07) is 4.20. The lowest BCUT2D eigenvalue weighted by Gasteiger charge is -2.18. The van der Waals surface area contributed by atoms with Crippen molar-refractivity contribution < 1.29 is 24.9 Å². The summed E-state index contributed by atoms with van der Waals surface area (Å²) in [5.41, 5.74) is -0.102. The molecule has 0 saturated heterocycles. The fourth-order valence-electron chi connectivity index (χ4n) is 1.33. The molecule has 0 amide bonds. The van der Waals surface area contributed by atoms with E-state index in [-0.39, 0.29) is 22.9 Å². The van der Waals surface area contributed by atoms with Gasteiger partial charge in [-0.05, 0) is 19.1 Å². The van der Waals surface area contributed by atoms with E-state index in [4.69, 9.17) is 11.6 Å². The standard InChI is InChI=1S/C11H13ClO5/c1-2-17-11(16)10(15)9(14)8-6(12)4-3-5-7(8)13/h3-5,9-10,13-15H,2H2,1H3. The first-order valence-corrected chi connectivity index (χ1v) is 5.37. The lowest BCUT2D eigenvalue weighted by atomic mass is 10.0. The molecular weight excluding hydrogens is 248 g/mol. The highest BCUT2D eigenvalue weighted by Gasteiger charge is 2.30. The highest BCUT2D eigenvalue weighted by Crippen LogP contribution is 2.33. The predicted molar refractivity (Wildman–Crippen MR) is 60.7 cm³/mol. The number of benzene rings is 1. The SMILES string of the molecule is CCOC(=O)C(O)C(O)c1c(O)cccc1Cl. The molecule has 5 nitrogen and oxygen atoms in total. The molecule has 2 unspecified atom stereocenters. The summed E-state index contributed by atoms with van der Waals surface area (Å²) in [7, 11) is 0. The van der Waals surface area contributed by atoms with E-state index in [0.717, 1.165) is 0 Å². The van der Waals surface area contributed by atoms with Crippen molar-refractivity contribution in [2.24, 2.45) is 0 Å². The Kier molecular flexibility index (Phi) is 4.74. The van der Waals surface area contributed by atoms with Gasteiger partial charge < -0.3 is 20.1 Å². The van der Waals surface area contributed by atoms with Crippen LogP contribution in [0.15, 0.2) is 18.2 Å². The zero-order valence-electron chi connectivity index (χ0n) is 9.13. The maximum absolute atomic E-state index is 11.2. The molecule has 17 heavy (non-hydrogen) atoms. The van der Waals surface area contributed by atoms with Crippen LogP contribution in [0.5, 0.6) is 5.75 Å². The average molecular weight is 261 g/mol. The number of aliphatic hydroxyl groups excluding tert-OH is 2. The molecule has 0 heterocycles. The van der Waals surface area contributed by atoms with Gasteiger partial charge in [-0.1, -0.05) is 17.7 Å². The summed E-state index contributed by atoms with van der Waals surface area (Å²) in [6.07, 6.45) is -3.43. The van der Waals surface area contributed by atoms with E-state index >= 15 is 0 Å². The Hall–Kier alpha value is -1.30. The van der Waals surface area contributed by atoms with Gasteiger partial charge in [0.25, 0.3) is 0 Å². The van der Waals surface area contributed by atoms with Crippen molar-refractivity contribution in [1.29, 1.82) is 0 Å². The topological polar surface area (TPSA) is 87.0 Å². The number of carbonyl (C=O) groups excluding carboxylic acids is 1. The van der Waals surface area contributed by atoms with Gasteiger partial charge >= 0.3 is 5.97 Å². The first kappa shape index (κ1) is 13.8. The molecular formula is C11H13ClO5. The summed E-state index contributed by atoms with van der Waals surface area (Å²) >= 11 is 5.77.